The molecule has 100 valence electrons. The van der Waals surface area contributed by atoms with Crippen molar-refractivity contribution in [1.29, 1.82) is 0 Å². The molecule has 1 saturated heterocycles. The van der Waals surface area contributed by atoms with Gasteiger partial charge >= 0.3 is 6.03 Å². The van der Waals surface area contributed by atoms with Crippen LogP contribution < -0.4 is 16.0 Å². The van der Waals surface area contributed by atoms with Gasteiger partial charge in [-0.1, -0.05) is 23.8 Å². The lowest BCUT2D eigenvalue weighted by molar-refractivity contribution is -0.123. The number of rotatable bonds is 2. The Morgan fingerprint density at radius 1 is 1.42 bits per heavy atom. The Bertz CT molecular complexity index is 541. The molecule has 1 aliphatic carbocycles. The fourth-order valence-corrected chi connectivity index (χ4v) is 2.78. The molecule has 1 aromatic rings. The molecule has 1 aliphatic heterocycles. The third kappa shape index (κ3) is 2.28. The highest BCUT2D eigenvalue weighted by Gasteiger charge is 2.30. The van der Waals surface area contributed by atoms with Crippen LogP contribution in [0.4, 0.5) is 4.79 Å². The van der Waals surface area contributed by atoms with Crippen molar-refractivity contribution in [1.82, 2.24) is 16.0 Å². The van der Waals surface area contributed by atoms with Crippen molar-refractivity contribution in [3.63, 3.8) is 0 Å². The Balaban J connectivity index is 1.69. The lowest BCUT2D eigenvalue weighted by atomic mass is 10.1. The molecule has 5 heteroatoms. The second-order valence-electron chi connectivity index (χ2n) is 5.21. The van der Waals surface area contributed by atoms with E-state index >= 15 is 0 Å². The van der Waals surface area contributed by atoms with Gasteiger partial charge in [0.1, 0.15) is 6.04 Å². The fraction of sp³-hybridized carbons (Fsp3) is 0.429. The largest absolute Gasteiger partial charge is 0.347 e. The van der Waals surface area contributed by atoms with Gasteiger partial charge in [0.2, 0.25) is 5.91 Å². The molecule has 5 nitrogen and oxygen atoms in total. The number of amides is 3. The summed E-state index contributed by atoms with van der Waals surface area (Å²) in [7, 11) is 0. The van der Waals surface area contributed by atoms with Crippen LogP contribution in [0.15, 0.2) is 18.2 Å². The number of aryl methyl sites for hydroxylation is 2. The predicted molar refractivity (Wildman–Crippen MR) is 70.7 cm³/mol. The van der Waals surface area contributed by atoms with Crippen molar-refractivity contribution in [2.45, 2.75) is 31.8 Å². The molecule has 0 spiro atoms. The van der Waals surface area contributed by atoms with Crippen molar-refractivity contribution in [2.75, 3.05) is 6.54 Å². The monoisotopic (exact) mass is 259 g/mol. The lowest BCUT2D eigenvalue weighted by Gasteiger charge is -2.17. The number of hydrogen-bond acceptors (Lipinski definition) is 2. The maximum Gasteiger partial charge on any atom is 0.315 e. The first-order valence-corrected chi connectivity index (χ1v) is 6.57. The summed E-state index contributed by atoms with van der Waals surface area (Å²) in [5, 5.41) is 8.21. The van der Waals surface area contributed by atoms with Gasteiger partial charge in [0, 0.05) is 6.54 Å². The molecule has 19 heavy (non-hydrogen) atoms. The van der Waals surface area contributed by atoms with Crippen LogP contribution >= 0.6 is 0 Å². The average molecular weight is 259 g/mol. The summed E-state index contributed by atoms with van der Waals surface area (Å²) < 4.78 is 0. The molecule has 3 rings (SSSR count). The molecule has 0 unspecified atom stereocenters. The highest BCUT2D eigenvalue weighted by atomic mass is 16.2. The van der Waals surface area contributed by atoms with E-state index in [0.717, 1.165) is 12.8 Å². The number of carbonyl (C=O) groups excluding carboxylic acids is 2. The smallest absolute Gasteiger partial charge is 0.315 e. The maximum atomic E-state index is 12.1. The minimum atomic E-state index is -0.456. The van der Waals surface area contributed by atoms with Crippen LogP contribution in [0, 0.1) is 6.92 Å². The van der Waals surface area contributed by atoms with Crippen LogP contribution in [-0.4, -0.2) is 24.5 Å². The number of urea groups is 1. The van der Waals surface area contributed by atoms with Gasteiger partial charge in [0.05, 0.1) is 6.04 Å². The molecule has 1 fully saturated rings. The zero-order valence-electron chi connectivity index (χ0n) is 10.8. The molecule has 0 bridgehead atoms. The minimum absolute atomic E-state index is 0.0700. The molecular weight excluding hydrogens is 242 g/mol. The van der Waals surface area contributed by atoms with Crippen LogP contribution in [0.1, 0.15) is 29.2 Å². The van der Waals surface area contributed by atoms with Gasteiger partial charge in [0.25, 0.3) is 0 Å². The zero-order chi connectivity index (χ0) is 13.4. The Morgan fingerprint density at radius 3 is 3.00 bits per heavy atom. The second-order valence-corrected chi connectivity index (χ2v) is 5.21. The van der Waals surface area contributed by atoms with Crippen molar-refractivity contribution in [2.24, 2.45) is 0 Å². The van der Waals surface area contributed by atoms with Gasteiger partial charge in [-0.3, -0.25) is 4.79 Å². The molecule has 2 atom stereocenters. The zero-order valence-corrected chi connectivity index (χ0v) is 10.8. The summed E-state index contributed by atoms with van der Waals surface area (Å²) in [6, 6.07) is 5.68. The van der Waals surface area contributed by atoms with E-state index in [0.29, 0.717) is 6.54 Å². The summed E-state index contributed by atoms with van der Waals surface area (Å²) in [6.07, 6.45) is 1.93. The third-order valence-electron chi connectivity index (χ3n) is 3.78. The standard InChI is InChI=1S/C14H17N3O2/c1-8-2-4-10-9(6-8)3-5-11(10)16-13(18)12-7-15-14(19)17-12/h2,4,6,11-12H,3,5,7H2,1H3,(H,16,18)(H2,15,17,19)/t11-,12+/m0/s1. The predicted octanol–water partition coefficient (Wildman–Crippen LogP) is 0.780. The Kier molecular flexibility index (Phi) is 2.89. The Morgan fingerprint density at radius 2 is 2.26 bits per heavy atom. The van der Waals surface area contributed by atoms with Crippen molar-refractivity contribution >= 4 is 11.9 Å². The fourth-order valence-electron chi connectivity index (χ4n) is 2.78. The quantitative estimate of drug-likeness (QED) is 0.734. The second kappa shape index (κ2) is 4.57. The van der Waals surface area contributed by atoms with Crippen molar-refractivity contribution in [3.8, 4) is 0 Å². The Hall–Kier alpha value is -2.04. The van der Waals surface area contributed by atoms with E-state index < -0.39 is 6.04 Å². The van der Waals surface area contributed by atoms with E-state index in [1.807, 2.05) is 0 Å². The summed E-state index contributed by atoms with van der Waals surface area (Å²) in [6.45, 7) is 2.43. The van der Waals surface area contributed by atoms with Crippen LogP contribution in [0.25, 0.3) is 0 Å². The molecule has 3 amide bonds. The molecule has 1 aromatic carbocycles. The first kappa shape index (κ1) is 12.0. The maximum absolute atomic E-state index is 12.1. The molecule has 3 N–H and O–H groups in total. The third-order valence-corrected chi connectivity index (χ3v) is 3.78. The van der Waals surface area contributed by atoms with Gasteiger partial charge in [-0.15, -0.1) is 0 Å². The SMILES string of the molecule is Cc1ccc2c(c1)CC[C@@H]2NC(=O)[C@H]1CNC(=O)N1. The topological polar surface area (TPSA) is 70.2 Å². The normalized spacial score (nSPS) is 24.6. The molecule has 0 saturated carbocycles. The van der Waals surface area contributed by atoms with E-state index in [4.69, 9.17) is 0 Å². The van der Waals surface area contributed by atoms with Crippen LogP contribution in [0.5, 0.6) is 0 Å². The van der Waals surface area contributed by atoms with E-state index in [1.165, 1.54) is 16.7 Å². The van der Waals surface area contributed by atoms with E-state index in [1.54, 1.807) is 0 Å². The number of hydrogen-bond donors (Lipinski definition) is 3. The molecule has 0 radical (unpaired) electrons. The van der Waals surface area contributed by atoms with Gasteiger partial charge in [-0.05, 0) is 30.9 Å². The van der Waals surface area contributed by atoms with E-state index in [-0.39, 0.29) is 18.0 Å². The number of fused-ring (bicyclic) bond motifs is 1. The summed E-state index contributed by atoms with van der Waals surface area (Å²) in [4.78, 5) is 23.1. The molecule has 2 aliphatic rings. The van der Waals surface area contributed by atoms with Crippen molar-refractivity contribution in [3.05, 3.63) is 34.9 Å². The van der Waals surface area contributed by atoms with Crippen molar-refractivity contribution < 1.29 is 9.59 Å². The lowest BCUT2D eigenvalue weighted by Crippen LogP contribution is -2.43. The summed E-state index contributed by atoms with van der Waals surface area (Å²) >= 11 is 0. The van der Waals surface area contributed by atoms with Crippen LogP contribution in [0.2, 0.25) is 0 Å². The van der Waals surface area contributed by atoms with Gasteiger partial charge in [-0.25, -0.2) is 4.79 Å². The first-order chi connectivity index (χ1) is 9.13. The average Bonchev–Trinajstić information content (AvgIpc) is 2.96. The van der Waals surface area contributed by atoms with Crippen LogP contribution in [-0.2, 0) is 11.2 Å². The van der Waals surface area contributed by atoms with Gasteiger partial charge < -0.3 is 16.0 Å². The summed E-state index contributed by atoms with van der Waals surface area (Å²) in [5.41, 5.74) is 3.77. The first-order valence-electron chi connectivity index (χ1n) is 6.57. The molecule has 0 aromatic heterocycles. The number of nitrogens with one attached hydrogen (secondary N) is 3. The summed E-state index contributed by atoms with van der Waals surface area (Å²) in [5.74, 6) is -0.114. The minimum Gasteiger partial charge on any atom is -0.347 e. The number of benzene rings is 1. The highest BCUT2D eigenvalue weighted by Crippen LogP contribution is 2.31. The van der Waals surface area contributed by atoms with E-state index in [9.17, 15) is 9.59 Å². The Labute approximate surface area is 111 Å². The van der Waals surface area contributed by atoms with Crippen LogP contribution in [0.3, 0.4) is 0 Å². The highest BCUT2D eigenvalue weighted by molar-refractivity contribution is 5.90. The molecule has 1 heterocycles. The van der Waals surface area contributed by atoms with E-state index in [2.05, 4.69) is 41.1 Å². The molecular formula is C14H17N3O2. The number of carbonyl (C=O) groups is 2. The van der Waals surface area contributed by atoms with Gasteiger partial charge in [0.15, 0.2) is 0 Å². The van der Waals surface area contributed by atoms with Gasteiger partial charge in [-0.2, -0.15) is 0 Å².